The van der Waals surface area contributed by atoms with Crippen LogP contribution >= 0.6 is 27.3 Å². The Morgan fingerprint density at radius 1 is 1.44 bits per heavy atom. The molecule has 0 radical (unpaired) electrons. The molecule has 0 fully saturated rings. The summed E-state index contributed by atoms with van der Waals surface area (Å²) >= 11 is 5.07. The fraction of sp³-hybridized carbons (Fsp3) is 0.308. The van der Waals surface area contributed by atoms with Crippen molar-refractivity contribution in [1.29, 1.82) is 0 Å². The maximum absolute atomic E-state index is 9.50. The molecule has 0 saturated heterocycles. The van der Waals surface area contributed by atoms with Crippen LogP contribution in [-0.2, 0) is 6.54 Å². The molecule has 0 spiro atoms. The van der Waals surface area contributed by atoms with Crippen molar-refractivity contribution in [3.63, 3.8) is 0 Å². The van der Waals surface area contributed by atoms with E-state index >= 15 is 0 Å². The normalized spacial score (nSPS) is 12.4. The van der Waals surface area contributed by atoms with E-state index in [1.807, 2.05) is 25.2 Å². The molecular formula is C13H15BrN2OS. The number of nitrogens with zero attached hydrogens (tertiary/aromatic N) is 2. The molecule has 96 valence electrons. The van der Waals surface area contributed by atoms with Gasteiger partial charge in [-0.05, 0) is 18.6 Å². The molecule has 0 saturated carbocycles. The summed E-state index contributed by atoms with van der Waals surface area (Å²) in [4.78, 5) is 7.30. The van der Waals surface area contributed by atoms with Crippen LogP contribution in [0.15, 0.2) is 34.9 Å². The van der Waals surface area contributed by atoms with E-state index in [-0.39, 0.29) is 0 Å². The van der Waals surface area contributed by atoms with Gasteiger partial charge < -0.3 is 10.0 Å². The van der Waals surface area contributed by atoms with Gasteiger partial charge in [-0.1, -0.05) is 45.5 Å². The maximum atomic E-state index is 9.50. The second kappa shape index (κ2) is 5.82. The first-order chi connectivity index (χ1) is 8.58. The third-order valence-electron chi connectivity index (χ3n) is 2.62. The minimum atomic E-state index is -0.451. The lowest BCUT2D eigenvalue weighted by molar-refractivity contribution is 0.203. The Bertz CT molecular complexity index is 527. The summed E-state index contributed by atoms with van der Waals surface area (Å²) in [6.07, 6.45) is 1.29. The molecule has 18 heavy (non-hydrogen) atoms. The number of rotatable bonds is 4. The summed E-state index contributed by atoms with van der Waals surface area (Å²) in [6.45, 7) is 2.54. The van der Waals surface area contributed by atoms with E-state index in [2.05, 4.69) is 31.9 Å². The average Bonchev–Trinajstić information content (AvgIpc) is 2.81. The molecule has 1 aromatic carbocycles. The van der Waals surface area contributed by atoms with E-state index in [0.29, 0.717) is 0 Å². The number of aliphatic hydroxyl groups is 1. The van der Waals surface area contributed by atoms with Gasteiger partial charge in [-0.25, -0.2) is 4.98 Å². The minimum Gasteiger partial charge on any atom is -0.388 e. The van der Waals surface area contributed by atoms with Crippen LogP contribution < -0.4 is 4.90 Å². The highest BCUT2D eigenvalue weighted by molar-refractivity contribution is 9.10. The lowest BCUT2D eigenvalue weighted by Gasteiger charge is -2.16. The number of aliphatic hydroxyl groups excluding tert-OH is 1. The van der Waals surface area contributed by atoms with Gasteiger partial charge in [0.25, 0.3) is 0 Å². The van der Waals surface area contributed by atoms with E-state index in [9.17, 15) is 5.11 Å². The molecule has 3 nitrogen and oxygen atoms in total. The molecule has 0 amide bonds. The zero-order valence-corrected chi connectivity index (χ0v) is 12.7. The first-order valence-corrected chi connectivity index (χ1v) is 7.27. The SMILES string of the molecule is CC(O)c1cnc(N(C)Cc2ccccc2Br)s1. The number of aromatic nitrogens is 1. The summed E-state index contributed by atoms with van der Waals surface area (Å²) in [5.41, 5.74) is 1.22. The Kier molecular flexibility index (Phi) is 4.37. The van der Waals surface area contributed by atoms with Crippen LogP contribution in [0.2, 0.25) is 0 Å². The van der Waals surface area contributed by atoms with Crippen LogP contribution in [0.4, 0.5) is 5.13 Å². The van der Waals surface area contributed by atoms with Crippen molar-refractivity contribution < 1.29 is 5.11 Å². The molecule has 2 aromatic rings. The maximum Gasteiger partial charge on any atom is 0.185 e. The van der Waals surface area contributed by atoms with E-state index in [4.69, 9.17) is 0 Å². The number of hydrogen-bond acceptors (Lipinski definition) is 4. The third kappa shape index (κ3) is 3.10. The van der Waals surface area contributed by atoms with Gasteiger partial charge in [-0.2, -0.15) is 0 Å². The van der Waals surface area contributed by atoms with Crippen molar-refractivity contribution in [1.82, 2.24) is 4.98 Å². The summed E-state index contributed by atoms with van der Waals surface area (Å²) in [7, 11) is 2.00. The standard InChI is InChI=1S/C13H15BrN2OS/c1-9(17)12-7-15-13(18-12)16(2)8-10-5-3-4-6-11(10)14/h3-7,9,17H,8H2,1-2H3. The predicted octanol–water partition coefficient (Wildman–Crippen LogP) is 3.60. The van der Waals surface area contributed by atoms with Gasteiger partial charge in [0.05, 0.1) is 11.0 Å². The van der Waals surface area contributed by atoms with E-state index in [1.165, 1.54) is 16.9 Å². The Labute approximate surface area is 119 Å². The molecule has 1 heterocycles. The van der Waals surface area contributed by atoms with Crippen molar-refractivity contribution in [2.75, 3.05) is 11.9 Å². The van der Waals surface area contributed by atoms with Crippen LogP contribution in [0.3, 0.4) is 0 Å². The molecule has 1 aromatic heterocycles. The molecule has 5 heteroatoms. The summed E-state index contributed by atoms with van der Waals surface area (Å²) < 4.78 is 1.10. The molecule has 0 aliphatic heterocycles. The molecule has 0 aliphatic carbocycles. The Morgan fingerprint density at radius 2 is 2.17 bits per heavy atom. The quantitative estimate of drug-likeness (QED) is 0.932. The molecule has 1 N–H and O–H groups in total. The second-order valence-corrected chi connectivity index (χ2v) is 6.06. The monoisotopic (exact) mass is 326 g/mol. The number of anilines is 1. The lowest BCUT2D eigenvalue weighted by Crippen LogP contribution is -2.16. The fourth-order valence-electron chi connectivity index (χ4n) is 1.60. The van der Waals surface area contributed by atoms with Gasteiger partial charge in [0.2, 0.25) is 0 Å². The van der Waals surface area contributed by atoms with Gasteiger partial charge in [-0.15, -0.1) is 0 Å². The molecule has 1 atom stereocenters. The van der Waals surface area contributed by atoms with Gasteiger partial charge >= 0.3 is 0 Å². The molecule has 2 rings (SSSR count). The van der Waals surface area contributed by atoms with Crippen molar-refractivity contribution in [2.45, 2.75) is 19.6 Å². The Hall–Kier alpha value is -0.910. The minimum absolute atomic E-state index is 0.451. The number of benzene rings is 1. The highest BCUT2D eigenvalue weighted by Gasteiger charge is 2.11. The van der Waals surface area contributed by atoms with Crippen LogP contribution in [0.5, 0.6) is 0 Å². The summed E-state index contributed by atoms with van der Waals surface area (Å²) in [6, 6.07) is 8.15. The Balaban J connectivity index is 2.12. The van der Waals surface area contributed by atoms with Gasteiger partial charge in [0, 0.05) is 24.3 Å². The van der Waals surface area contributed by atoms with Crippen molar-refractivity contribution in [3.05, 3.63) is 45.4 Å². The second-order valence-electron chi connectivity index (χ2n) is 4.17. The Morgan fingerprint density at radius 3 is 2.78 bits per heavy atom. The third-order valence-corrected chi connectivity index (χ3v) is 4.67. The number of thiazole rings is 1. The van der Waals surface area contributed by atoms with E-state index in [1.54, 1.807) is 13.1 Å². The van der Waals surface area contributed by atoms with Crippen molar-refractivity contribution in [2.24, 2.45) is 0 Å². The van der Waals surface area contributed by atoms with Crippen LogP contribution in [0, 0.1) is 0 Å². The highest BCUT2D eigenvalue weighted by Crippen LogP contribution is 2.28. The highest BCUT2D eigenvalue weighted by atomic mass is 79.9. The van der Waals surface area contributed by atoms with E-state index < -0.39 is 6.10 Å². The number of halogens is 1. The largest absolute Gasteiger partial charge is 0.388 e. The van der Waals surface area contributed by atoms with Gasteiger partial charge in [0.15, 0.2) is 5.13 Å². The predicted molar refractivity (Wildman–Crippen MR) is 79.0 cm³/mol. The zero-order valence-electron chi connectivity index (χ0n) is 10.3. The summed E-state index contributed by atoms with van der Waals surface area (Å²) in [5, 5.41) is 10.4. The first kappa shape index (κ1) is 13.5. The first-order valence-electron chi connectivity index (χ1n) is 5.66. The van der Waals surface area contributed by atoms with E-state index in [0.717, 1.165) is 21.0 Å². The van der Waals surface area contributed by atoms with Crippen molar-refractivity contribution in [3.8, 4) is 0 Å². The van der Waals surface area contributed by atoms with Crippen LogP contribution in [0.1, 0.15) is 23.5 Å². The lowest BCUT2D eigenvalue weighted by atomic mass is 10.2. The topological polar surface area (TPSA) is 36.4 Å². The zero-order chi connectivity index (χ0) is 13.1. The van der Waals surface area contributed by atoms with Crippen LogP contribution in [0.25, 0.3) is 0 Å². The average molecular weight is 327 g/mol. The van der Waals surface area contributed by atoms with Gasteiger partial charge in [0.1, 0.15) is 0 Å². The summed E-state index contributed by atoms with van der Waals surface area (Å²) in [5.74, 6) is 0. The molecule has 0 aliphatic rings. The fourth-order valence-corrected chi connectivity index (χ4v) is 2.82. The molecule has 1 unspecified atom stereocenters. The van der Waals surface area contributed by atoms with Crippen LogP contribution in [-0.4, -0.2) is 17.1 Å². The van der Waals surface area contributed by atoms with Gasteiger partial charge in [-0.3, -0.25) is 0 Å². The molecule has 0 bridgehead atoms. The smallest absolute Gasteiger partial charge is 0.185 e. The van der Waals surface area contributed by atoms with Crippen molar-refractivity contribution >= 4 is 32.4 Å². The molecular weight excluding hydrogens is 312 g/mol. The number of hydrogen-bond donors (Lipinski definition) is 1.